The third-order valence-corrected chi connectivity index (χ3v) is 4.39. The van der Waals surface area contributed by atoms with Crippen LogP contribution < -0.4 is 3.32 Å². The summed E-state index contributed by atoms with van der Waals surface area (Å²) >= 11 is -2.95. The Morgan fingerprint density at radius 1 is 1.18 bits per heavy atom. The predicted molar refractivity (Wildman–Crippen MR) is 68.0 cm³/mol. The van der Waals surface area contributed by atoms with Crippen LogP contribution in [0.2, 0.25) is 0 Å². The van der Waals surface area contributed by atoms with Gasteiger partial charge in [0.2, 0.25) is 0 Å². The minimum atomic E-state index is -2.95. The van der Waals surface area contributed by atoms with Crippen molar-refractivity contribution in [2.24, 2.45) is 0 Å². The summed E-state index contributed by atoms with van der Waals surface area (Å²) in [5.41, 5.74) is 2.37. The molecule has 0 saturated carbocycles. The molecule has 0 amide bonds. The molecule has 1 aromatic carbocycles. The molecule has 0 heterocycles. The van der Waals surface area contributed by atoms with E-state index < -0.39 is 18.3 Å². The summed E-state index contributed by atoms with van der Waals surface area (Å²) in [6.07, 6.45) is 0. The molecule has 3 heteroatoms. The van der Waals surface area contributed by atoms with Gasteiger partial charge in [-0.15, -0.1) is 0 Å². The molecule has 0 fully saturated rings. The van der Waals surface area contributed by atoms with Crippen molar-refractivity contribution in [2.75, 3.05) is 0 Å². The van der Waals surface area contributed by atoms with Gasteiger partial charge in [-0.2, -0.15) is 0 Å². The molecule has 0 aliphatic heterocycles. The number of halogens is 1. The average molecular weight is 272 g/mol. The van der Waals surface area contributed by atoms with Crippen molar-refractivity contribution in [3.63, 3.8) is 0 Å². The van der Waals surface area contributed by atoms with Gasteiger partial charge in [-0.3, -0.25) is 0 Å². The maximum absolute atomic E-state index is 13.7. The Morgan fingerprint density at radius 3 is 2.24 bits per heavy atom. The molecule has 0 bridgehead atoms. The first-order valence-corrected chi connectivity index (χ1v) is 7.84. The van der Waals surface area contributed by atoms with Crippen LogP contribution in [0.1, 0.15) is 45.7 Å². The fourth-order valence-electron chi connectivity index (χ4n) is 1.45. The van der Waals surface area contributed by atoms with Gasteiger partial charge in [0.1, 0.15) is 0 Å². The first-order valence-electron chi connectivity index (χ1n) is 5.83. The Kier molecular flexibility index (Phi) is 4.68. The zero-order chi connectivity index (χ0) is 13.2. The number of rotatable bonds is 2. The number of hydrogen-bond acceptors (Lipinski definition) is 1. The topological polar surface area (TPSA) is 9.23 Å². The maximum atomic E-state index is 13.7. The second kappa shape index (κ2) is 5.45. The van der Waals surface area contributed by atoms with Crippen LogP contribution in [0.3, 0.4) is 0 Å². The van der Waals surface area contributed by atoms with Crippen LogP contribution in [0.5, 0.6) is 5.75 Å². The third-order valence-electron chi connectivity index (χ3n) is 2.52. The van der Waals surface area contributed by atoms with E-state index in [9.17, 15) is 3.09 Å². The summed E-state index contributed by atoms with van der Waals surface area (Å²) in [4.78, 5) is 0. The van der Waals surface area contributed by atoms with E-state index in [-0.39, 0.29) is 5.41 Å². The van der Waals surface area contributed by atoms with Gasteiger partial charge in [-0.1, -0.05) is 0 Å². The van der Waals surface area contributed by atoms with E-state index in [0.29, 0.717) is 5.75 Å². The van der Waals surface area contributed by atoms with Crippen molar-refractivity contribution < 1.29 is 24.7 Å². The molecule has 0 saturated heterocycles. The van der Waals surface area contributed by atoms with Crippen LogP contribution in [-0.4, -0.2) is 3.81 Å². The summed E-state index contributed by atoms with van der Waals surface area (Å²) in [6, 6.07) is 6.00. The summed E-state index contributed by atoms with van der Waals surface area (Å²) < 4.78 is 19.9. The molecule has 0 N–H and O–H groups in total. The molecule has 94 valence electrons. The van der Waals surface area contributed by atoms with Crippen molar-refractivity contribution >= 4 is 3.81 Å². The second-order valence-corrected chi connectivity index (χ2v) is 8.40. The molecule has 0 aliphatic carbocycles. The molecular weight excluding hydrogens is 251 g/mol. The van der Waals surface area contributed by atoms with E-state index in [0.717, 1.165) is 9.37 Å². The Labute approximate surface area is 110 Å². The Morgan fingerprint density at radius 2 is 1.76 bits per heavy atom. The molecule has 1 aromatic rings. The van der Waals surface area contributed by atoms with Gasteiger partial charge in [0.05, 0.1) is 0 Å². The molecule has 0 aliphatic rings. The number of benzene rings is 1. The average Bonchev–Trinajstić information content (AvgIpc) is 2.15. The standard InChI is InChI=1S/C11H16O.C3H6.FH.Ti/c1-8-5-9(11(2,3)4)7-10(12)6-8;1-3-2;;/h5-7,12H,1-4H3;1-2H3;1H;/q;;;+2/p-2. The first kappa shape index (κ1) is 14.6. The first-order chi connectivity index (χ1) is 7.70. The molecule has 0 aromatic heterocycles. The van der Waals surface area contributed by atoms with Crippen LogP contribution in [0.4, 0.5) is 3.09 Å². The SMILES string of the molecule is C[C](C)=[Ti]([F])[O]c1cc(C)cc(C(C)(C)C)c1. The normalized spacial score (nSPS) is 11.2. The van der Waals surface area contributed by atoms with E-state index in [1.165, 1.54) is 5.56 Å². The van der Waals surface area contributed by atoms with E-state index in [1.807, 2.05) is 19.1 Å². The molecule has 0 atom stereocenters. The molecule has 0 radical (unpaired) electrons. The molecule has 1 rings (SSSR count). The minimum absolute atomic E-state index is 0.0611. The van der Waals surface area contributed by atoms with Gasteiger partial charge in [-0.25, -0.2) is 0 Å². The fraction of sp³-hybridized carbons (Fsp3) is 0.500. The van der Waals surface area contributed by atoms with Gasteiger partial charge in [-0.05, 0) is 0 Å². The molecule has 0 unspecified atom stereocenters. The van der Waals surface area contributed by atoms with Crippen molar-refractivity contribution in [2.45, 2.75) is 47.0 Å². The quantitative estimate of drug-likeness (QED) is 0.729. The summed E-state index contributed by atoms with van der Waals surface area (Å²) in [5, 5.41) is 0. The summed E-state index contributed by atoms with van der Waals surface area (Å²) in [6.45, 7) is 12.1. The number of aryl methyl sites for hydroxylation is 1. The van der Waals surface area contributed by atoms with Crippen molar-refractivity contribution in [3.05, 3.63) is 29.3 Å². The van der Waals surface area contributed by atoms with Gasteiger partial charge in [0, 0.05) is 0 Å². The zero-order valence-electron chi connectivity index (χ0n) is 11.5. The molecular formula is C14H21FOTi. The van der Waals surface area contributed by atoms with Crippen molar-refractivity contribution in [1.29, 1.82) is 0 Å². The van der Waals surface area contributed by atoms with Gasteiger partial charge >= 0.3 is 111 Å². The van der Waals surface area contributed by atoms with Crippen molar-refractivity contribution in [3.8, 4) is 5.75 Å². The predicted octanol–water partition coefficient (Wildman–Crippen LogP) is 4.30. The van der Waals surface area contributed by atoms with E-state index in [1.54, 1.807) is 13.8 Å². The second-order valence-electron chi connectivity index (χ2n) is 5.66. The van der Waals surface area contributed by atoms with Gasteiger partial charge < -0.3 is 0 Å². The third kappa shape index (κ3) is 4.36. The van der Waals surface area contributed by atoms with Crippen LogP contribution in [0.15, 0.2) is 18.2 Å². The monoisotopic (exact) mass is 272 g/mol. The van der Waals surface area contributed by atoms with Crippen LogP contribution in [-0.2, 0) is 23.7 Å². The van der Waals surface area contributed by atoms with Crippen LogP contribution in [0.25, 0.3) is 0 Å². The molecule has 1 nitrogen and oxygen atoms in total. The molecule has 0 spiro atoms. The number of hydrogen-bond donors (Lipinski definition) is 0. The summed E-state index contributed by atoms with van der Waals surface area (Å²) in [7, 11) is 0. The Hall–Kier alpha value is -0.466. The van der Waals surface area contributed by atoms with Crippen molar-refractivity contribution in [1.82, 2.24) is 0 Å². The fourth-order valence-corrected chi connectivity index (χ4v) is 2.27. The molecule has 17 heavy (non-hydrogen) atoms. The van der Waals surface area contributed by atoms with Gasteiger partial charge in [0.25, 0.3) is 0 Å². The van der Waals surface area contributed by atoms with E-state index in [2.05, 4.69) is 26.8 Å². The van der Waals surface area contributed by atoms with E-state index >= 15 is 0 Å². The zero-order valence-corrected chi connectivity index (χ0v) is 13.1. The van der Waals surface area contributed by atoms with E-state index in [4.69, 9.17) is 3.32 Å². The van der Waals surface area contributed by atoms with Gasteiger partial charge in [0.15, 0.2) is 0 Å². The summed E-state index contributed by atoms with van der Waals surface area (Å²) in [5.74, 6) is 0.675. The Balaban J connectivity index is 3.11. The van der Waals surface area contributed by atoms with Crippen LogP contribution in [0, 0.1) is 6.92 Å². The Bertz CT molecular complexity index is 440. The van der Waals surface area contributed by atoms with Crippen LogP contribution >= 0.6 is 0 Å².